The van der Waals surface area contributed by atoms with Gasteiger partial charge < -0.3 is 9.94 Å². The average Bonchev–Trinajstić information content (AvgIpc) is 2.47. The van der Waals surface area contributed by atoms with Gasteiger partial charge >= 0.3 is 0 Å². The number of nitrogens with zero attached hydrogens (tertiary/aromatic N) is 1. The topological polar surface area (TPSA) is 41.8 Å². The van der Waals surface area contributed by atoms with Crippen molar-refractivity contribution in [1.82, 2.24) is 0 Å². The van der Waals surface area contributed by atoms with E-state index in [2.05, 4.69) is 12.1 Å². The third-order valence-corrected chi connectivity index (χ3v) is 4.15. The highest BCUT2D eigenvalue weighted by molar-refractivity contribution is 6.00. The molecule has 0 amide bonds. The molecule has 1 N–H and O–H groups in total. The van der Waals surface area contributed by atoms with Crippen LogP contribution in [0.25, 0.3) is 0 Å². The number of halogens is 1. The van der Waals surface area contributed by atoms with Crippen molar-refractivity contribution in [2.45, 2.75) is 52.1 Å². The van der Waals surface area contributed by atoms with Gasteiger partial charge in [-0.15, -0.1) is 0 Å². The summed E-state index contributed by atoms with van der Waals surface area (Å²) >= 11 is 0. The summed E-state index contributed by atoms with van der Waals surface area (Å²) in [6.07, 6.45) is 5.68. The first-order chi connectivity index (χ1) is 9.63. The van der Waals surface area contributed by atoms with E-state index in [4.69, 9.17) is 9.94 Å². The van der Waals surface area contributed by atoms with Crippen molar-refractivity contribution in [2.75, 3.05) is 0 Å². The molecule has 0 bridgehead atoms. The minimum absolute atomic E-state index is 0.129. The van der Waals surface area contributed by atoms with Crippen LogP contribution in [0.15, 0.2) is 23.4 Å². The van der Waals surface area contributed by atoms with E-state index in [0.29, 0.717) is 17.0 Å². The largest absolute Gasteiger partial charge is 0.490 e. The molecule has 1 fully saturated rings. The fourth-order valence-electron chi connectivity index (χ4n) is 2.78. The predicted molar refractivity (Wildman–Crippen MR) is 77.1 cm³/mol. The van der Waals surface area contributed by atoms with Crippen molar-refractivity contribution in [3.05, 3.63) is 29.6 Å². The smallest absolute Gasteiger partial charge is 0.131 e. The second-order valence-corrected chi connectivity index (χ2v) is 5.49. The van der Waals surface area contributed by atoms with Crippen molar-refractivity contribution >= 4 is 5.71 Å². The molecule has 0 radical (unpaired) electrons. The third kappa shape index (κ3) is 3.50. The molecule has 2 rings (SSSR count). The minimum Gasteiger partial charge on any atom is -0.490 e. The van der Waals surface area contributed by atoms with Gasteiger partial charge in [0.15, 0.2) is 0 Å². The van der Waals surface area contributed by atoms with Gasteiger partial charge in [-0.05, 0) is 50.7 Å². The van der Waals surface area contributed by atoms with Crippen LogP contribution in [0.5, 0.6) is 5.75 Å². The number of ether oxygens (including phenoxy) is 1. The molecule has 110 valence electrons. The average molecular weight is 279 g/mol. The standard InChI is InChI=1S/C16H22FNO2/c1-3-12-4-7-14(8-5-12)20-16-10-13(17)6-9-15(16)11(2)18-19/h6,9-10,12,14,19H,3-5,7-8H2,1-2H3. The SMILES string of the molecule is CCC1CCC(Oc2cc(F)ccc2C(C)=NO)CC1. The van der Waals surface area contributed by atoms with Gasteiger partial charge in [-0.25, -0.2) is 4.39 Å². The Kier molecular flexibility index (Phi) is 4.99. The van der Waals surface area contributed by atoms with Gasteiger partial charge in [-0.1, -0.05) is 18.5 Å². The Morgan fingerprint density at radius 2 is 2.05 bits per heavy atom. The quantitative estimate of drug-likeness (QED) is 0.505. The van der Waals surface area contributed by atoms with Crippen molar-refractivity contribution < 1.29 is 14.3 Å². The highest BCUT2D eigenvalue weighted by Crippen LogP contribution is 2.31. The Bertz CT molecular complexity index is 479. The molecular weight excluding hydrogens is 257 g/mol. The number of oxime groups is 1. The highest BCUT2D eigenvalue weighted by atomic mass is 19.1. The summed E-state index contributed by atoms with van der Waals surface area (Å²) in [6, 6.07) is 4.32. The Morgan fingerprint density at radius 1 is 1.35 bits per heavy atom. The van der Waals surface area contributed by atoms with E-state index in [1.807, 2.05) is 0 Å². The van der Waals surface area contributed by atoms with Crippen molar-refractivity contribution in [3.63, 3.8) is 0 Å². The molecule has 1 saturated carbocycles. The molecule has 1 aromatic rings. The maximum absolute atomic E-state index is 13.4. The lowest BCUT2D eigenvalue weighted by Gasteiger charge is -2.29. The van der Waals surface area contributed by atoms with Gasteiger partial charge in [0.25, 0.3) is 0 Å². The lowest BCUT2D eigenvalue weighted by Crippen LogP contribution is -2.24. The van der Waals surface area contributed by atoms with Gasteiger partial charge in [0.2, 0.25) is 0 Å². The molecule has 3 nitrogen and oxygen atoms in total. The molecule has 0 atom stereocenters. The normalized spacial score (nSPS) is 23.6. The zero-order chi connectivity index (χ0) is 14.5. The van der Waals surface area contributed by atoms with Crippen LogP contribution in [0.4, 0.5) is 4.39 Å². The first-order valence-corrected chi connectivity index (χ1v) is 7.29. The molecular formula is C16H22FNO2. The summed E-state index contributed by atoms with van der Waals surface area (Å²) in [7, 11) is 0. The molecule has 4 heteroatoms. The summed E-state index contributed by atoms with van der Waals surface area (Å²) in [6.45, 7) is 3.89. The molecule has 1 aliphatic rings. The van der Waals surface area contributed by atoms with Gasteiger partial charge in [-0.3, -0.25) is 0 Å². The first kappa shape index (κ1) is 14.8. The Hall–Kier alpha value is -1.58. The zero-order valence-electron chi connectivity index (χ0n) is 12.1. The van der Waals surface area contributed by atoms with E-state index in [1.54, 1.807) is 13.0 Å². The zero-order valence-corrected chi connectivity index (χ0v) is 12.1. The summed E-state index contributed by atoms with van der Waals surface area (Å²) in [5.41, 5.74) is 1.08. The molecule has 0 heterocycles. The van der Waals surface area contributed by atoms with E-state index < -0.39 is 0 Å². The molecule has 0 aliphatic heterocycles. The molecule has 0 saturated heterocycles. The van der Waals surface area contributed by atoms with Crippen molar-refractivity contribution in [1.29, 1.82) is 0 Å². The maximum Gasteiger partial charge on any atom is 0.131 e. The lowest BCUT2D eigenvalue weighted by atomic mass is 9.86. The van der Waals surface area contributed by atoms with Crippen molar-refractivity contribution in [2.24, 2.45) is 11.1 Å². The van der Waals surface area contributed by atoms with E-state index in [-0.39, 0.29) is 11.9 Å². The van der Waals surface area contributed by atoms with Crippen LogP contribution in [0.2, 0.25) is 0 Å². The number of hydrogen-bond acceptors (Lipinski definition) is 3. The van der Waals surface area contributed by atoms with Crippen LogP contribution in [-0.4, -0.2) is 17.0 Å². The Balaban J connectivity index is 2.11. The number of benzene rings is 1. The monoisotopic (exact) mass is 279 g/mol. The lowest BCUT2D eigenvalue weighted by molar-refractivity contribution is 0.129. The third-order valence-electron chi connectivity index (χ3n) is 4.15. The number of rotatable bonds is 4. The van der Waals surface area contributed by atoms with Crippen LogP contribution in [0, 0.1) is 11.7 Å². The van der Waals surface area contributed by atoms with Crippen LogP contribution in [-0.2, 0) is 0 Å². The van der Waals surface area contributed by atoms with Crippen LogP contribution < -0.4 is 4.74 Å². The first-order valence-electron chi connectivity index (χ1n) is 7.29. The van der Waals surface area contributed by atoms with E-state index >= 15 is 0 Å². The molecule has 0 unspecified atom stereocenters. The fourth-order valence-corrected chi connectivity index (χ4v) is 2.78. The Morgan fingerprint density at radius 3 is 2.65 bits per heavy atom. The maximum atomic E-state index is 13.4. The van der Waals surface area contributed by atoms with Crippen LogP contribution in [0.1, 0.15) is 51.5 Å². The molecule has 0 spiro atoms. The second-order valence-electron chi connectivity index (χ2n) is 5.49. The second kappa shape index (κ2) is 6.73. The summed E-state index contributed by atoms with van der Waals surface area (Å²) in [4.78, 5) is 0. The molecule has 1 aliphatic carbocycles. The predicted octanol–water partition coefficient (Wildman–Crippen LogP) is 4.37. The molecule has 1 aromatic carbocycles. The Labute approximate surface area is 119 Å². The van der Waals surface area contributed by atoms with Crippen LogP contribution >= 0.6 is 0 Å². The fraction of sp³-hybridized carbons (Fsp3) is 0.562. The van der Waals surface area contributed by atoms with Gasteiger partial charge in [0.05, 0.1) is 11.8 Å². The van der Waals surface area contributed by atoms with E-state index in [9.17, 15) is 4.39 Å². The van der Waals surface area contributed by atoms with Crippen LogP contribution in [0.3, 0.4) is 0 Å². The molecule has 20 heavy (non-hydrogen) atoms. The highest BCUT2D eigenvalue weighted by Gasteiger charge is 2.22. The number of hydrogen-bond donors (Lipinski definition) is 1. The molecule has 0 aromatic heterocycles. The van der Waals surface area contributed by atoms with Gasteiger partial charge in [0.1, 0.15) is 11.6 Å². The minimum atomic E-state index is -0.336. The van der Waals surface area contributed by atoms with Crippen molar-refractivity contribution in [3.8, 4) is 5.75 Å². The van der Waals surface area contributed by atoms with Gasteiger partial charge in [-0.2, -0.15) is 0 Å². The van der Waals surface area contributed by atoms with Gasteiger partial charge in [0, 0.05) is 11.6 Å². The summed E-state index contributed by atoms with van der Waals surface area (Å²) in [5.74, 6) is 0.930. The van der Waals surface area contributed by atoms with E-state index in [0.717, 1.165) is 18.8 Å². The van der Waals surface area contributed by atoms with E-state index in [1.165, 1.54) is 31.4 Å². The summed E-state index contributed by atoms with van der Waals surface area (Å²) < 4.78 is 19.4. The summed E-state index contributed by atoms with van der Waals surface area (Å²) in [5, 5.41) is 12.1.